The Kier molecular flexibility index (Phi) is 5.88. The third kappa shape index (κ3) is 3.43. The Hall–Kier alpha value is -0.440. The van der Waals surface area contributed by atoms with Crippen molar-refractivity contribution in [1.82, 2.24) is 0 Å². The van der Waals surface area contributed by atoms with Crippen LogP contribution in [0.15, 0.2) is 30.9 Å². The fourth-order valence-electron chi connectivity index (χ4n) is 1.02. The Labute approximate surface area is 101 Å². The number of aromatic hydroxyl groups is 1. The van der Waals surface area contributed by atoms with E-state index in [9.17, 15) is 5.11 Å². The second-order valence-electron chi connectivity index (χ2n) is 2.50. The number of ether oxygens (including phenoxy) is 1. The van der Waals surface area contributed by atoms with Crippen molar-refractivity contribution >= 4 is 29.6 Å². The topological polar surface area (TPSA) is 29.5 Å². The number of phenolic OH excluding ortho intramolecular Hbond substituents is 1. The summed E-state index contributed by atoms with van der Waals surface area (Å²) >= 11 is 0. The van der Waals surface area contributed by atoms with E-state index in [1.54, 1.807) is 12.1 Å². The minimum atomic E-state index is 0. The van der Waals surface area contributed by atoms with Crippen LogP contribution < -0.4 is 4.74 Å². The molecule has 1 N–H and O–H groups in total. The fraction of sp³-hybridized carbons (Fsp3) is 0.200. The molecule has 13 heavy (non-hydrogen) atoms. The van der Waals surface area contributed by atoms with Gasteiger partial charge in [0.2, 0.25) is 0 Å². The second-order valence-corrected chi connectivity index (χ2v) is 2.50. The summed E-state index contributed by atoms with van der Waals surface area (Å²) in [6.07, 6.45) is 2.60. The molecule has 65 valence electrons. The van der Waals surface area contributed by atoms with E-state index < -0.39 is 0 Å². The summed E-state index contributed by atoms with van der Waals surface area (Å²) in [5.74, 6) is 0.680. The number of rotatable bonds is 3. The van der Waals surface area contributed by atoms with Gasteiger partial charge in [0.15, 0.2) is 11.5 Å². The molecule has 0 aliphatic carbocycles. The van der Waals surface area contributed by atoms with Gasteiger partial charge in [-0.15, -0.1) is 6.58 Å². The quantitative estimate of drug-likeness (QED) is 0.577. The van der Waals surface area contributed by atoms with Crippen LogP contribution in [0.5, 0.6) is 11.5 Å². The van der Waals surface area contributed by atoms with E-state index in [4.69, 9.17) is 4.74 Å². The Morgan fingerprint density at radius 2 is 2.23 bits per heavy atom. The van der Waals surface area contributed by atoms with Crippen molar-refractivity contribution in [3.05, 3.63) is 36.4 Å². The monoisotopic (exact) mass is 187 g/mol. The average Bonchev–Trinajstić information content (AvgIpc) is 2.09. The summed E-state index contributed by atoms with van der Waals surface area (Å²) in [5, 5.41) is 9.25. The zero-order chi connectivity index (χ0) is 8.97. The molecule has 0 heterocycles. The summed E-state index contributed by atoms with van der Waals surface area (Å²) in [6.45, 7) is 3.63. The van der Waals surface area contributed by atoms with Crippen LogP contribution >= 0.6 is 0 Å². The molecule has 0 aliphatic heterocycles. The molecular weight excluding hydrogens is 175 g/mol. The molecule has 0 saturated carbocycles. The largest absolute Gasteiger partial charge is 0.504 e. The van der Waals surface area contributed by atoms with Gasteiger partial charge >= 0.3 is 0 Å². The number of hydrogen-bond acceptors (Lipinski definition) is 2. The van der Waals surface area contributed by atoms with Gasteiger partial charge in [-0.05, 0) is 24.1 Å². The molecule has 0 spiro atoms. The molecule has 1 aromatic carbocycles. The first-order chi connectivity index (χ1) is 5.77. The first-order valence-corrected chi connectivity index (χ1v) is 3.74. The Morgan fingerprint density at radius 1 is 1.54 bits per heavy atom. The van der Waals surface area contributed by atoms with Crippen LogP contribution in [0.1, 0.15) is 5.56 Å². The molecule has 0 bridgehead atoms. The number of methoxy groups -OCH3 is 1. The maximum Gasteiger partial charge on any atom is 0.160 e. The van der Waals surface area contributed by atoms with Crippen molar-refractivity contribution in [2.45, 2.75) is 6.42 Å². The van der Waals surface area contributed by atoms with Crippen molar-refractivity contribution in [3.63, 3.8) is 0 Å². The molecular formula is C10H12NaO2. The fourth-order valence-corrected chi connectivity index (χ4v) is 1.02. The van der Waals surface area contributed by atoms with Gasteiger partial charge in [0.25, 0.3) is 0 Å². The molecule has 0 fully saturated rings. The minimum Gasteiger partial charge on any atom is -0.504 e. The van der Waals surface area contributed by atoms with Crippen LogP contribution in [0, 0.1) is 0 Å². The molecule has 0 aliphatic rings. The first kappa shape index (κ1) is 12.6. The summed E-state index contributed by atoms with van der Waals surface area (Å²) < 4.78 is 4.95. The molecule has 0 saturated heterocycles. The smallest absolute Gasteiger partial charge is 0.160 e. The van der Waals surface area contributed by atoms with Gasteiger partial charge in [-0.25, -0.2) is 0 Å². The van der Waals surface area contributed by atoms with E-state index in [2.05, 4.69) is 6.58 Å². The zero-order valence-corrected chi connectivity index (χ0v) is 10.1. The van der Waals surface area contributed by atoms with Crippen molar-refractivity contribution < 1.29 is 9.84 Å². The van der Waals surface area contributed by atoms with Crippen LogP contribution in [0.2, 0.25) is 0 Å². The van der Waals surface area contributed by atoms with Gasteiger partial charge in [0, 0.05) is 29.6 Å². The predicted molar refractivity (Wildman–Crippen MR) is 54.3 cm³/mol. The molecule has 0 aromatic heterocycles. The Morgan fingerprint density at radius 3 is 2.77 bits per heavy atom. The van der Waals surface area contributed by atoms with Gasteiger partial charge in [0.05, 0.1) is 7.11 Å². The van der Waals surface area contributed by atoms with Gasteiger partial charge in [-0.3, -0.25) is 0 Å². The van der Waals surface area contributed by atoms with Gasteiger partial charge in [0.1, 0.15) is 0 Å². The van der Waals surface area contributed by atoms with Gasteiger partial charge < -0.3 is 9.84 Å². The molecule has 1 radical (unpaired) electrons. The molecule has 0 atom stereocenters. The molecule has 2 nitrogen and oxygen atoms in total. The zero-order valence-electron chi connectivity index (χ0n) is 8.08. The van der Waals surface area contributed by atoms with Crippen LogP contribution in [-0.4, -0.2) is 41.8 Å². The third-order valence-electron chi connectivity index (χ3n) is 1.62. The van der Waals surface area contributed by atoms with Crippen LogP contribution in [0.4, 0.5) is 0 Å². The van der Waals surface area contributed by atoms with Gasteiger partial charge in [-0.2, -0.15) is 0 Å². The van der Waals surface area contributed by atoms with E-state index in [1.807, 2.05) is 12.1 Å². The normalized spacial score (nSPS) is 8.69. The van der Waals surface area contributed by atoms with E-state index in [0.29, 0.717) is 5.75 Å². The van der Waals surface area contributed by atoms with E-state index in [0.717, 1.165) is 12.0 Å². The predicted octanol–water partition coefficient (Wildman–Crippen LogP) is 1.75. The number of benzene rings is 1. The molecule has 3 heteroatoms. The first-order valence-electron chi connectivity index (χ1n) is 3.74. The molecule has 0 amide bonds. The Balaban J connectivity index is 0.00000144. The molecule has 1 aromatic rings. The maximum absolute atomic E-state index is 9.25. The third-order valence-corrected chi connectivity index (χ3v) is 1.62. The summed E-state index contributed by atoms with van der Waals surface area (Å²) in [5.41, 5.74) is 1.08. The van der Waals surface area contributed by atoms with Gasteiger partial charge in [-0.1, -0.05) is 12.1 Å². The standard InChI is InChI=1S/C10H12O2.Na/c1-3-4-8-5-6-9(11)10(7-8)12-2;/h3,5-7,11H,1,4H2,2H3;. The van der Waals surface area contributed by atoms with Crippen LogP contribution in [-0.2, 0) is 6.42 Å². The maximum atomic E-state index is 9.25. The van der Waals surface area contributed by atoms with E-state index >= 15 is 0 Å². The van der Waals surface area contributed by atoms with Crippen LogP contribution in [0.3, 0.4) is 0 Å². The summed E-state index contributed by atoms with van der Waals surface area (Å²) in [7, 11) is 1.53. The minimum absolute atomic E-state index is 0. The SMILES string of the molecule is C=CCc1ccc(O)c(OC)c1.[Na]. The van der Waals surface area contributed by atoms with Crippen molar-refractivity contribution in [3.8, 4) is 11.5 Å². The van der Waals surface area contributed by atoms with Crippen molar-refractivity contribution in [2.24, 2.45) is 0 Å². The Bertz CT molecular complexity index is 284. The summed E-state index contributed by atoms with van der Waals surface area (Å²) in [6, 6.07) is 5.27. The second kappa shape index (κ2) is 6.08. The van der Waals surface area contributed by atoms with Crippen LogP contribution in [0.25, 0.3) is 0 Å². The van der Waals surface area contributed by atoms with E-state index in [1.165, 1.54) is 7.11 Å². The number of allylic oxidation sites excluding steroid dienone is 1. The van der Waals surface area contributed by atoms with Crippen molar-refractivity contribution in [1.29, 1.82) is 0 Å². The number of phenols is 1. The molecule has 1 rings (SSSR count). The average molecular weight is 187 g/mol. The van der Waals surface area contributed by atoms with Crippen molar-refractivity contribution in [2.75, 3.05) is 7.11 Å². The summed E-state index contributed by atoms with van der Waals surface area (Å²) in [4.78, 5) is 0. The van der Waals surface area contributed by atoms with E-state index in [-0.39, 0.29) is 35.3 Å². The molecule has 0 unspecified atom stereocenters. The number of hydrogen-bond donors (Lipinski definition) is 1.